The Morgan fingerprint density at radius 3 is 2.53 bits per heavy atom. The molecular weight excluding hydrogens is 454 g/mol. The Morgan fingerprint density at radius 2 is 1.91 bits per heavy atom. The smallest absolute Gasteiger partial charge is 0.273 e. The van der Waals surface area contributed by atoms with Crippen molar-refractivity contribution in [2.45, 2.75) is 18.9 Å². The Bertz CT molecular complexity index is 989. The molecule has 2 aromatic rings. The molecule has 34 heavy (non-hydrogen) atoms. The third-order valence-corrected chi connectivity index (χ3v) is 7.78. The van der Waals surface area contributed by atoms with Crippen molar-refractivity contribution in [2.24, 2.45) is 24.8 Å². The van der Waals surface area contributed by atoms with Gasteiger partial charge in [0, 0.05) is 46.4 Å². The Balaban J connectivity index is 1.16. The zero-order chi connectivity index (χ0) is 23.7. The molecule has 182 valence electrons. The van der Waals surface area contributed by atoms with Crippen LogP contribution in [0.1, 0.15) is 34.9 Å². The highest BCUT2D eigenvalue weighted by atomic mass is 35.5. The molecule has 0 bridgehead atoms. The molecule has 4 atom stereocenters. The van der Waals surface area contributed by atoms with Gasteiger partial charge in [0.15, 0.2) is 0 Å². The minimum absolute atomic E-state index is 0.0141. The Kier molecular flexibility index (Phi) is 6.90. The van der Waals surface area contributed by atoms with E-state index >= 15 is 0 Å². The number of likely N-dealkylation sites (tertiary alicyclic amines) is 2. The van der Waals surface area contributed by atoms with Crippen molar-refractivity contribution in [2.75, 3.05) is 45.9 Å². The molecule has 0 aliphatic carbocycles. The molecule has 8 nitrogen and oxygen atoms in total. The molecule has 5 rings (SSSR count). The van der Waals surface area contributed by atoms with Gasteiger partial charge in [-0.05, 0) is 30.2 Å². The fraction of sp³-hybridized carbons (Fsp3) is 0.560. The molecule has 1 N–H and O–H groups in total. The van der Waals surface area contributed by atoms with Crippen molar-refractivity contribution in [3.63, 3.8) is 0 Å². The monoisotopic (exact) mass is 485 g/mol. The summed E-state index contributed by atoms with van der Waals surface area (Å²) in [5, 5.41) is 7.78. The van der Waals surface area contributed by atoms with Crippen LogP contribution in [0.25, 0.3) is 0 Å². The van der Waals surface area contributed by atoms with E-state index in [1.807, 2.05) is 23.1 Å². The van der Waals surface area contributed by atoms with E-state index in [0.29, 0.717) is 35.8 Å². The van der Waals surface area contributed by atoms with Crippen LogP contribution in [0.2, 0.25) is 5.02 Å². The van der Waals surface area contributed by atoms with E-state index in [2.05, 4.69) is 27.4 Å². The largest absolute Gasteiger partial charge is 0.381 e. The quantitative estimate of drug-likeness (QED) is 0.651. The fourth-order valence-corrected chi connectivity index (χ4v) is 5.84. The second-order valence-electron chi connectivity index (χ2n) is 9.78. The minimum Gasteiger partial charge on any atom is -0.381 e. The first-order valence-corrected chi connectivity index (χ1v) is 12.5. The highest BCUT2D eigenvalue weighted by Crippen LogP contribution is 2.33. The standard InChI is InChI=1S/C25H32ClN5O3/c1-29-23(21(26)11-27-29)25(33)31-14-19-12-30(13-20(19)15-31)9-7-22(17-5-3-2-4-6-17)28-24(32)18-8-10-34-16-18/h2-6,11,18-20,22H,7-10,12-16H2,1H3,(H,28,32)/t18?,19-,20?,22?/m0/s1. The topological polar surface area (TPSA) is 79.7 Å². The van der Waals surface area contributed by atoms with Gasteiger partial charge in [0.05, 0.1) is 29.8 Å². The molecule has 3 aliphatic rings. The molecule has 0 radical (unpaired) electrons. The average molecular weight is 486 g/mol. The van der Waals surface area contributed by atoms with Crippen LogP contribution in [0.15, 0.2) is 36.5 Å². The Morgan fingerprint density at radius 1 is 1.18 bits per heavy atom. The number of ether oxygens (including phenoxy) is 1. The summed E-state index contributed by atoms with van der Waals surface area (Å²) >= 11 is 6.19. The van der Waals surface area contributed by atoms with Gasteiger partial charge in [0.2, 0.25) is 5.91 Å². The summed E-state index contributed by atoms with van der Waals surface area (Å²) in [5.74, 6) is 0.947. The lowest BCUT2D eigenvalue weighted by Crippen LogP contribution is -2.37. The lowest BCUT2D eigenvalue weighted by molar-refractivity contribution is -0.125. The molecule has 3 fully saturated rings. The normalized spacial score (nSPS) is 25.5. The third-order valence-electron chi connectivity index (χ3n) is 7.50. The number of hydrogen-bond donors (Lipinski definition) is 1. The van der Waals surface area contributed by atoms with Gasteiger partial charge in [0.1, 0.15) is 5.69 Å². The van der Waals surface area contributed by atoms with Crippen LogP contribution in [-0.2, 0) is 16.6 Å². The summed E-state index contributed by atoms with van der Waals surface area (Å²) in [7, 11) is 1.75. The van der Waals surface area contributed by atoms with Gasteiger partial charge in [-0.15, -0.1) is 0 Å². The highest BCUT2D eigenvalue weighted by molar-refractivity contribution is 6.33. The maximum Gasteiger partial charge on any atom is 0.273 e. The van der Waals surface area contributed by atoms with Gasteiger partial charge in [-0.1, -0.05) is 41.9 Å². The number of nitrogens with one attached hydrogen (secondary N) is 1. The van der Waals surface area contributed by atoms with Crippen LogP contribution >= 0.6 is 11.6 Å². The molecule has 3 unspecified atom stereocenters. The molecule has 1 aromatic heterocycles. The van der Waals surface area contributed by atoms with Crippen molar-refractivity contribution in [1.29, 1.82) is 0 Å². The van der Waals surface area contributed by atoms with E-state index in [4.69, 9.17) is 16.3 Å². The molecule has 9 heteroatoms. The van der Waals surface area contributed by atoms with Crippen molar-refractivity contribution in [1.82, 2.24) is 24.9 Å². The first-order chi connectivity index (χ1) is 16.5. The number of aromatic nitrogens is 2. The van der Waals surface area contributed by atoms with Gasteiger partial charge in [-0.3, -0.25) is 14.3 Å². The number of amides is 2. The van der Waals surface area contributed by atoms with Gasteiger partial charge in [-0.25, -0.2) is 0 Å². The van der Waals surface area contributed by atoms with Crippen molar-refractivity contribution in [3.05, 3.63) is 52.8 Å². The number of nitrogens with zero attached hydrogens (tertiary/aromatic N) is 4. The average Bonchev–Trinajstić information content (AvgIpc) is 3.61. The SMILES string of the molecule is Cn1ncc(Cl)c1C(=O)N1CC2CN(CCC(NC(=O)C3CCOC3)c3ccccc3)C[C@H]2C1. The van der Waals surface area contributed by atoms with Gasteiger partial charge in [-0.2, -0.15) is 5.10 Å². The predicted octanol–water partition coefficient (Wildman–Crippen LogP) is 2.36. The first-order valence-electron chi connectivity index (χ1n) is 12.1. The maximum absolute atomic E-state index is 13.0. The number of halogens is 1. The number of benzene rings is 1. The molecule has 0 saturated carbocycles. The fourth-order valence-electron chi connectivity index (χ4n) is 5.59. The van der Waals surface area contributed by atoms with Crippen LogP contribution < -0.4 is 5.32 Å². The van der Waals surface area contributed by atoms with E-state index in [9.17, 15) is 9.59 Å². The minimum atomic E-state index is -0.0474. The second-order valence-corrected chi connectivity index (χ2v) is 10.2. The molecule has 3 aliphatic heterocycles. The van der Waals surface area contributed by atoms with E-state index in [1.165, 1.54) is 6.20 Å². The molecule has 0 spiro atoms. The zero-order valence-electron chi connectivity index (χ0n) is 19.5. The number of fused-ring (bicyclic) bond motifs is 1. The molecule has 4 heterocycles. The number of carbonyl (C=O) groups excluding carboxylic acids is 2. The van der Waals surface area contributed by atoms with Gasteiger partial charge in [0.25, 0.3) is 5.91 Å². The van der Waals surface area contributed by atoms with Crippen LogP contribution in [0.4, 0.5) is 0 Å². The highest BCUT2D eigenvalue weighted by Gasteiger charge is 2.42. The van der Waals surface area contributed by atoms with Crippen molar-refractivity contribution >= 4 is 23.4 Å². The first kappa shape index (κ1) is 23.3. The maximum atomic E-state index is 13.0. The molecule has 1 aromatic carbocycles. The van der Waals surface area contributed by atoms with Crippen LogP contribution in [0, 0.1) is 17.8 Å². The summed E-state index contributed by atoms with van der Waals surface area (Å²) in [6.45, 7) is 5.54. The molecule has 2 amide bonds. The second kappa shape index (κ2) is 10.1. The summed E-state index contributed by atoms with van der Waals surface area (Å²) in [6, 6.07) is 10.2. The predicted molar refractivity (Wildman–Crippen MR) is 128 cm³/mol. The Hall–Kier alpha value is -2.42. The number of rotatable bonds is 7. The summed E-state index contributed by atoms with van der Waals surface area (Å²) in [5.41, 5.74) is 1.60. The van der Waals surface area contributed by atoms with Crippen LogP contribution in [0.3, 0.4) is 0 Å². The van der Waals surface area contributed by atoms with Crippen LogP contribution in [0.5, 0.6) is 0 Å². The third kappa shape index (κ3) is 4.85. The Labute approximate surface area is 205 Å². The summed E-state index contributed by atoms with van der Waals surface area (Å²) in [6.07, 6.45) is 3.17. The van der Waals surface area contributed by atoms with Gasteiger partial charge >= 0.3 is 0 Å². The zero-order valence-corrected chi connectivity index (χ0v) is 20.3. The van der Waals surface area contributed by atoms with E-state index in [0.717, 1.165) is 51.1 Å². The summed E-state index contributed by atoms with van der Waals surface area (Å²) < 4.78 is 6.96. The lowest BCUT2D eigenvalue weighted by Gasteiger charge is -2.25. The molecular formula is C25H32ClN5O3. The number of hydrogen-bond acceptors (Lipinski definition) is 5. The molecule has 3 saturated heterocycles. The van der Waals surface area contributed by atoms with E-state index in [1.54, 1.807) is 11.7 Å². The van der Waals surface area contributed by atoms with Crippen LogP contribution in [-0.4, -0.2) is 77.3 Å². The van der Waals surface area contributed by atoms with Crippen molar-refractivity contribution < 1.29 is 14.3 Å². The van der Waals surface area contributed by atoms with E-state index < -0.39 is 0 Å². The van der Waals surface area contributed by atoms with Crippen molar-refractivity contribution in [3.8, 4) is 0 Å². The van der Waals surface area contributed by atoms with Gasteiger partial charge < -0.3 is 19.9 Å². The number of carbonyl (C=O) groups is 2. The van der Waals surface area contributed by atoms with E-state index in [-0.39, 0.29) is 23.8 Å². The summed E-state index contributed by atoms with van der Waals surface area (Å²) in [4.78, 5) is 30.1. The number of aryl methyl sites for hydroxylation is 1. The lowest BCUT2D eigenvalue weighted by atomic mass is 10.0.